The van der Waals surface area contributed by atoms with Gasteiger partial charge in [-0.25, -0.2) is 8.42 Å². The fraction of sp³-hybridized carbons (Fsp3) is 0.200. The number of nitro benzene ring substituents is 2. The fourth-order valence-electron chi connectivity index (χ4n) is 5.01. The van der Waals surface area contributed by atoms with Crippen LogP contribution in [0.1, 0.15) is 29.5 Å². The summed E-state index contributed by atoms with van der Waals surface area (Å²) in [4.78, 5) is 21.5. The number of rotatable bonds is 7. The van der Waals surface area contributed by atoms with Gasteiger partial charge in [0.2, 0.25) is 0 Å². The summed E-state index contributed by atoms with van der Waals surface area (Å²) in [7, 11) is -2.64. The third kappa shape index (κ3) is 4.47. The Kier molecular flexibility index (Phi) is 6.04. The second-order valence-corrected chi connectivity index (χ2v) is 10.5. The molecule has 0 aromatic heterocycles. The van der Waals surface area contributed by atoms with E-state index in [1.54, 1.807) is 24.3 Å². The Morgan fingerprint density at radius 1 is 1.03 bits per heavy atom. The lowest BCUT2D eigenvalue weighted by atomic mass is 9.77. The zero-order valence-corrected chi connectivity index (χ0v) is 20.3. The fourth-order valence-corrected chi connectivity index (χ4v) is 6.09. The predicted molar refractivity (Wildman–Crippen MR) is 136 cm³/mol. The van der Waals surface area contributed by atoms with E-state index in [1.807, 2.05) is 12.2 Å². The van der Waals surface area contributed by atoms with Crippen molar-refractivity contribution < 1.29 is 23.0 Å². The summed E-state index contributed by atoms with van der Waals surface area (Å²) in [5.41, 5.74) is 2.00. The Bertz CT molecular complexity index is 1550. The van der Waals surface area contributed by atoms with Crippen LogP contribution < -0.4 is 14.8 Å². The number of ether oxygens (including phenoxy) is 1. The first-order valence-corrected chi connectivity index (χ1v) is 12.8. The summed E-state index contributed by atoms with van der Waals surface area (Å²) in [5, 5.41) is 26.0. The Morgan fingerprint density at radius 3 is 2.57 bits per heavy atom. The van der Waals surface area contributed by atoms with E-state index in [4.69, 9.17) is 4.74 Å². The van der Waals surface area contributed by atoms with Crippen LogP contribution in [0.15, 0.2) is 77.7 Å². The van der Waals surface area contributed by atoms with Crippen LogP contribution in [0.3, 0.4) is 0 Å². The monoisotopic (exact) mass is 522 g/mol. The van der Waals surface area contributed by atoms with E-state index in [-0.39, 0.29) is 45.6 Å². The van der Waals surface area contributed by atoms with Gasteiger partial charge in [-0.1, -0.05) is 24.3 Å². The van der Waals surface area contributed by atoms with Crippen LogP contribution in [0.5, 0.6) is 5.75 Å². The maximum atomic E-state index is 13.1. The predicted octanol–water partition coefficient (Wildman–Crippen LogP) is 5.14. The molecule has 1 aliphatic carbocycles. The highest BCUT2D eigenvalue weighted by molar-refractivity contribution is 7.92. The molecule has 3 aromatic rings. The molecule has 2 N–H and O–H groups in total. The summed E-state index contributed by atoms with van der Waals surface area (Å²) in [6.45, 7) is 0. The van der Waals surface area contributed by atoms with Crippen molar-refractivity contribution in [2.24, 2.45) is 5.92 Å². The minimum Gasteiger partial charge on any atom is -0.490 e. The molecular weight excluding hydrogens is 500 g/mol. The van der Waals surface area contributed by atoms with E-state index in [1.165, 1.54) is 37.4 Å². The summed E-state index contributed by atoms with van der Waals surface area (Å²) in [6, 6.07) is 14.7. The molecule has 0 amide bonds. The highest BCUT2D eigenvalue weighted by Gasteiger charge is 2.39. The lowest BCUT2D eigenvalue weighted by Gasteiger charge is -2.37. The molecule has 12 heteroatoms. The van der Waals surface area contributed by atoms with Crippen molar-refractivity contribution in [1.82, 2.24) is 0 Å². The molecule has 0 bridgehead atoms. The summed E-state index contributed by atoms with van der Waals surface area (Å²) >= 11 is 0. The number of nitrogens with one attached hydrogen (secondary N) is 2. The minimum atomic E-state index is -4.02. The zero-order valence-electron chi connectivity index (χ0n) is 19.5. The normalized spacial score (nSPS) is 19.9. The topological polar surface area (TPSA) is 154 Å². The quantitative estimate of drug-likeness (QED) is 0.246. The summed E-state index contributed by atoms with van der Waals surface area (Å²) < 4.78 is 33.8. The Labute approximate surface area is 212 Å². The van der Waals surface area contributed by atoms with Crippen molar-refractivity contribution in [3.63, 3.8) is 0 Å². The minimum absolute atomic E-state index is 0.0168. The van der Waals surface area contributed by atoms with Gasteiger partial charge in [0, 0.05) is 29.8 Å². The number of sulfonamides is 1. The molecule has 1 aliphatic heterocycles. The van der Waals surface area contributed by atoms with Crippen molar-refractivity contribution >= 4 is 32.8 Å². The molecule has 0 saturated carbocycles. The van der Waals surface area contributed by atoms with Gasteiger partial charge in [0.05, 0.1) is 33.6 Å². The molecule has 37 heavy (non-hydrogen) atoms. The van der Waals surface area contributed by atoms with Crippen LogP contribution in [0.25, 0.3) is 0 Å². The molecular formula is C25H22N4O7S. The number of hydrogen-bond acceptors (Lipinski definition) is 8. The second kappa shape index (κ2) is 9.21. The number of fused-ring (bicyclic) bond motifs is 3. The summed E-state index contributed by atoms with van der Waals surface area (Å²) in [6.07, 6.45) is 4.77. The maximum Gasteiger partial charge on any atom is 0.311 e. The molecule has 3 atom stereocenters. The highest BCUT2D eigenvalue weighted by Crippen LogP contribution is 2.51. The van der Waals surface area contributed by atoms with Crippen LogP contribution in [-0.2, 0) is 10.0 Å². The van der Waals surface area contributed by atoms with Gasteiger partial charge in [-0.15, -0.1) is 0 Å². The van der Waals surface area contributed by atoms with Crippen molar-refractivity contribution in [1.29, 1.82) is 0 Å². The summed E-state index contributed by atoms with van der Waals surface area (Å²) in [5.74, 6) is 0.0932. The lowest BCUT2D eigenvalue weighted by molar-refractivity contribution is -0.385. The number of non-ortho nitro benzene ring substituents is 1. The number of benzene rings is 3. The first-order valence-electron chi connectivity index (χ1n) is 11.3. The average molecular weight is 523 g/mol. The van der Waals surface area contributed by atoms with E-state index in [2.05, 4.69) is 10.0 Å². The zero-order chi connectivity index (χ0) is 26.3. The Morgan fingerprint density at radius 2 is 1.84 bits per heavy atom. The number of hydrogen-bond donors (Lipinski definition) is 2. The van der Waals surface area contributed by atoms with Crippen LogP contribution in [-0.4, -0.2) is 25.4 Å². The van der Waals surface area contributed by atoms with Crippen molar-refractivity contribution in [3.05, 3.63) is 104 Å². The van der Waals surface area contributed by atoms with Gasteiger partial charge in [-0.05, 0) is 53.8 Å². The van der Waals surface area contributed by atoms with Gasteiger partial charge in [0.1, 0.15) is 0 Å². The largest absolute Gasteiger partial charge is 0.490 e. The van der Waals surface area contributed by atoms with E-state index >= 15 is 0 Å². The van der Waals surface area contributed by atoms with Gasteiger partial charge in [0.25, 0.3) is 15.7 Å². The van der Waals surface area contributed by atoms with Gasteiger partial charge in [-0.3, -0.25) is 25.0 Å². The SMILES string of the molecule is COc1ccc([C@H]2Nc3ccc(S(=O)(=O)Nc4cccc([N+](=O)[O-])c4)cc3[C@H]3C=CC[C@H]32)cc1[N+](=O)[O-]. The number of anilines is 2. The molecule has 1 heterocycles. The first-order chi connectivity index (χ1) is 17.7. The van der Waals surface area contributed by atoms with Crippen molar-refractivity contribution in [3.8, 4) is 5.75 Å². The number of methoxy groups -OCH3 is 1. The molecule has 2 aliphatic rings. The van der Waals surface area contributed by atoms with Crippen LogP contribution in [0, 0.1) is 26.1 Å². The standard InChI is InChI=1S/C25H22N4O7S/c1-36-24-11-8-15(12-23(24)29(32)33)25-20-7-3-6-19(20)21-14-18(9-10-22(21)26-25)37(34,35)27-16-4-2-5-17(13-16)28(30)31/h2-6,8-14,19-20,25-27H,7H2,1H3/t19-,20+,25+/m0/s1. The molecule has 0 unspecified atom stereocenters. The van der Waals surface area contributed by atoms with E-state index in [9.17, 15) is 28.6 Å². The first kappa shape index (κ1) is 24.3. The number of nitro groups is 2. The van der Waals surface area contributed by atoms with Gasteiger partial charge in [-0.2, -0.15) is 0 Å². The molecule has 0 spiro atoms. The molecule has 0 fully saturated rings. The molecule has 190 valence electrons. The highest BCUT2D eigenvalue weighted by atomic mass is 32.2. The number of nitrogens with zero attached hydrogens (tertiary/aromatic N) is 2. The van der Waals surface area contributed by atoms with E-state index < -0.39 is 19.9 Å². The van der Waals surface area contributed by atoms with Crippen LogP contribution >= 0.6 is 0 Å². The van der Waals surface area contributed by atoms with Crippen molar-refractivity contribution in [2.45, 2.75) is 23.3 Å². The average Bonchev–Trinajstić information content (AvgIpc) is 3.38. The van der Waals surface area contributed by atoms with E-state index in [0.29, 0.717) is 6.42 Å². The third-order valence-electron chi connectivity index (χ3n) is 6.71. The molecule has 3 aromatic carbocycles. The smallest absolute Gasteiger partial charge is 0.311 e. The van der Waals surface area contributed by atoms with Crippen LogP contribution in [0.4, 0.5) is 22.7 Å². The third-order valence-corrected chi connectivity index (χ3v) is 8.09. The van der Waals surface area contributed by atoms with Gasteiger partial charge < -0.3 is 10.1 Å². The van der Waals surface area contributed by atoms with E-state index in [0.717, 1.165) is 22.9 Å². The second-order valence-electron chi connectivity index (χ2n) is 8.83. The molecule has 0 radical (unpaired) electrons. The lowest BCUT2D eigenvalue weighted by Crippen LogP contribution is -2.29. The van der Waals surface area contributed by atoms with Crippen LogP contribution in [0.2, 0.25) is 0 Å². The maximum absolute atomic E-state index is 13.1. The number of allylic oxidation sites excluding steroid dienone is 2. The molecule has 11 nitrogen and oxygen atoms in total. The van der Waals surface area contributed by atoms with Gasteiger partial charge >= 0.3 is 5.69 Å². The Hall–Kier alpha value is -4.45. The van der Waals surface area contributed by atoms with Crippen molar-refractivity contribution in [2.75, 3.05) is 17.1 Å². The Balaban J connectivity index is 1.48. The molecule has 5 rings (SSSR count). The van der Waals surface area contributed by atoms with Gasteiger partial charge in [0.15, 0.2) is 5.75 Å². The molecule has 0 saturated heterocycles.